The van der Waals surface area contributed by atoms with Crippen LogP contribution in [0.15, 0.2) is 65.7 Å². The number of ether oxygens (including phenoxy) is 1. The molecule has 0 fully saturated rings. The normalized spacial score (nSPS) is 11.8. The van der Waals surface area contributed by atoms with Gasteiger partial charge in [-0.25, -0.2) is 13.4 Å². The number of hydrogen-bond acceptors (Lipinski definition) is 6. The van der Waals surface area contributed by atoms with Crippen LogP contribution < -0.4 is 15.8 Å². The number of benzene rings is 2. The number of anilines is 2. The van der Waals surface area contributed by atoms with Crippen LogP contribution in [-0.4, -0.2) is 19.3 Å². The van der Waals surface area contributed by atoms with Crippen LogP contribution in [-0.2, 0) is 10.7 Å². The molecule has 1 heterocycles. The molecule has 29 heavy (non-hydrogen) atoms. The Balaban J connectivity index is 1.76. The molecule has 1 atom stereocenters. The molecule has 1 aromatic heterocycles. The molecule has 0 saturated carbocycles. The van der Waals surface area contributed by atoms with Gasteiger partial charge in [0, 0.05) is 23.5 Å². The molecule has 0 unspecified atom stereocenters. The second-order valence-corrected chi connectivity index (χ2v) is 7.65. The SMILES string of the molecule is C[C@@H](Oc1cc(Cl)cnc1N)c1cccc(NC(=O)c2cccc([SH](=O)=O)c2)c1. The van der Waals surface area contributed by atoms with Crippen LogP contribution in [0.1, 0.15) is 28.9 Å². The number of nitrogens with one attached hydrogen (secondary N) is 1. The van der Waals surface area contributed by atoms with Gasteiger partial charge in [0.15, 0.2) is 22.3 Å². The summed E-state index contributed by atoms with van der Waals surface area (Å²) in [5.41, 5.74) is 7.39. The lowest BCUT2D eigenvalue weighted by atomic mass is 10.1. The summed E-state index contributed by atoms with van der Waals surface area (Å²) in [6.07, 6.45) is 1.05. The molecule has 0 aliphatic rings. The molecule has 3 rings (SSSR count). The number of nitrogens with zero attached hydrogens (tertiary/aromatic N) is 1. The summed E-state index contributed by atoms with van der Waals surface area (Å²) in [5, 5.41) is 3.16. The number of carbonyl (C=O) groups excluding carboxylic acids is 1. The third-order valence-corrected chi connectivity index (χ3v) is 4.99. The molecule has 7 nitrogen and oxygen atoms in total. The highest BCUT2D eigenvalue weighted by Gasteiger charge is 2.13. The number of nitrogen functional groups attached to an aromatic ring is 1. The molecular weight excluding hydrogens is 414 g/mol. The van der Waals surface area contributed by atoms with E-state index in [-0.39, 0.29) is 22.4 Å². The molecule has 2 aromatic carbocycles. The third kappa shape index (κ3) is 5.24. The Hall–Kier alpha value is -3.10. The van der Waals surface area contributed by atoms with E-state index < -0.39 is 16.6 Å². The van der Waals surface area contributed by atoms with E-state index in [2.05, 4.69) is 10.3 Å². The first-order chi connectivity index (χ1) is 13.8. The average molecular weight is 432 g/mol. The van der Waals surface area contributed by atoms with Crippen LogP contribution in [0.4, 0.5) is 11.5 Å². The van der Waals surface area contributed by atoms with Gasteiger partial charge in [-0.05, 0) is 42.8 Å². The third-order valence-electron chi connectivity index (χ3n) is 4.09. The van der Waals surface area contributed by atoms with E-state index >= 15 is 0 Å². The highest BCUT2D eigenvalue weighted by molar-refractivity contribution is 7.72. The minimum Gasteiger partial charge on any atom is -0.482 e. The summed E-state index contributed by atoms with van der Waals surface area (Å²) < 4.78 is 28.1. The van der Waals surface area contributed by atoms with Crippen molar-refractivity contribution in [3.05, 3.63) is 76.9 Å². The minimum absolute atomic E-state index is 0.0798. The predicted octanol–water partition coefficient (Wildman–Crippen LogP) is 3.68. The van der Waals surface area contributed by atoms with Gasteiger partial charge >= 0.3 is 0 Å². The van der Waals surface area contributed by atoms with Crippen LogP contribution in [0.25, 0.3) is 0 Å². The van der Waals surface area contributed by atoms with Crippen LogP contribution in [0.5, 0.6) is 5.75 Å². The highest BCUT2D eigenvalue weighted by atomic mass is 35.5. The number of carbonyl (C=O) groups is 1. The van der Waals surface area contributed by atoms with E-state index in [0.717, 1.165) is 5.56 Å². The van der Waals surface area contributed by atoms with E-state index in [1.807, 2.05) is 13.0 Å². The van der Waals surface area contributed by atoms with Gasteiger partial charge in [-0.1, -0.05) is 29.8 Å². The highest BCUT2D eigenvalue weighted by Crippen LogP contribution is 2.29. The largest absolute Gasteiger partial charge is 0.482 e. The van der Waals surface area contributed by atoms with Gasteiger partial charge in [0.05, 0.1) is 9.92 Å². The fraction of sp³-hybridized carbons (Fsp3) is 0.100. The van der Waals surface area contributed by atoms with E-state index in [9.17, 15) is 13.2 Å². The molecular formula is C20H18ClN3O4S. The maximum absolute atomic E-state index is 12.5. The Morgan fingerprint density at radius 3 is 2.69 bits per heavy atom. The lowest BCUT2D eigenvalue weighted by Gasteiger charge is -2.17. The Morgan fingerprint density at radius 2 is 1.93 bits per heavy atom. The molecule has 0 aliphatic heterocycles. The van der Waals surface area contributed by atoms with Crippen LogP contribution in [0.2, 0.25) is 5.02 Å². The van der Waals surface area contributed by atoms with Gasteiger partial charge in [0.25, 0.3) is 5.91 Å². The minimum atomic E-state index is -2.76. The van der Waals surface area contributed by atoms with Gasteiger partial charge in [0.1, 0.15) is 6.10 Å². The monoisotopic (exact) mass is 431 g/mol. The first-order valence-corrected chi connectivity index (χ1v) is 10.1. The molecule has 3 aromatic rings. The van der Waals surface area contributed by atoms with E-state index in [1.165, 1.54) is 24.4 Å². The molecule has 0 saturated heterocycles. The van der Waals surface area contributed by atoms with Crippen molar-refractivity contribution in [2.75, 3.05) is 11.1 Å². The summed E-state index contributed by atoms with van der Waals surface area (Å²) in [4.78, 5) is 16.5. The van der Waals surface area contributed by atoms with Crippen molar-refractivity contribution < 1.29 is 17.9 Å². The van der Waals surface area contributed by atoms with E-state index in [1.54, 1.807) is 30.3 Å². The molecule has 0 aliphatic carbocycles. The molecule has 0 bridgehead atoms. The summed E-state index contributed by atoms with van der Waals surface area (Å²) in [7, 11) is -2.76. The molecule has 3 N–H and O–H groups in total. The van der Waals surface area contributed by atoms with Gasteiger partial charge in [-0.15, -0.1) is 0 Å². The number of hydrogen-bond donors (Lipinski definition) is 3. The predicted molar refractivity (Wildman–Crippen MR) is 112 cm³/mol. The van der Waals surface area contributed by atoms with Gasteiger partial charge in [-0.2, -0.15) is 0 Å². The number of thiol groups is 1. The first-order valence-electron chi connectivity index (χ1n) is 8.57. The number of aromatic nitrogens is 1. The Bertz CT molecular complexity index is 1130. The number of amides is 1. The van der Waals surface area contributed by atoms with Crippen molar-refractivity contribution >= 4 is 39.7 Å². The molecule has 0 radical (unpaired) electrons. The maximum atomic E-state index is 12.5. The second-order valence-electron chi connectivity index (χ2n) is 6.18. The second kappa shape index (κ2) is 8.93. The van der Waals surface area contributed by atoms with Crippen molar-refractivity contribution in [1.29, 1.82) is 0 Å². The quantitative estimate of drug-likeness (QED) is 0.513. The fourth-order valence-electron chi connectivity index (χ4n) is 2.62. The number of pyridine rings is 1. The number of halogens is 1. The number of nitrogens with two attached hydrogens (primary N) is 1. The Morgan fingerprint density at radius 1 is 1.17 bits per heavy atom. The van der Waals surface area contributed by atoms with Gasteiger partial charge in [-0.3, -0.25) is 4.79 Å². The van der Waals surface area contributed by atoms with Crippen molar-refractivity contribution in [3.8, 4) is 5.75 Å². The number of rotatable bonds is 6. The molecule has 0 spiro atoms. The Kier molecular flexibility index (Phi) is 6.36. The van der Waals surface area contributed by atoms with Crippen molar-refractivity contribution in [3.63, 3.8) is 0 Å². The van der Waals surface area contributed by atoms with Gasteiger partial charge in [0.2, 0.25) is 0 Å². The van der Waals surface area contributed by atoms with Crippen molar-refractivity contribution in [2.24, 2.45) is 0 Å². The smallest absolute Gasteiger partial charge is 0.255 e. The summed E-state index contributed by atoms with van der Waals surface area (Å²) >= 11 is 5.93. The van der Waals surface area contributed by atoms with Crippen molar-refractivity contribution in [2.45, 2.75) is 17.9 Å². The summed E-state index contributed by atoms with van der Waals surface area (Å²) in [6.45, 7) is 1.83. The van der Waals surface area contributed by atoms with Crippen molar-refractivity contribution in [1.82, 2.24) is 4.98 Å². The Labute approximate surface area is 174 Å². The first kappa shape index (κ1) is 20.6. The van der Waals surface area contributed by atoms with Gasteiger partial charge < -0.3 is 15.8 Å². The van der Waals surface area contributed by atoms with E-state index in [4.69, 9.17) is 22.1 Å². The zero-order valence-corrected chi connectivity index (χ0v) is 17.0. The van der Waals surface area contributed by atoms with Crippen LogP contribution in [0.3, 0.4) is 0 Å². The lowest BCUT2D eigenvalue weighted by Crippen LogP contribution is -2.13. The zero-order valence-electron chi connectivity index (χ0n) is 15.3. The molecule has 1 amide bonds. The molecule has 9 heteroatoms. The average Bonchev–Trinajstić information content (AvgIpc) is 2.71. The summed E-state index contributed by atoms with van der Waals surface area (Å²) in [5.74, 6) is 0.169. The lowest BCUT2D eigenvalue weighted by molar-refractivity contribution is 0.102. The zero-order chi connectivity index (χ0) is 21.0. The summed E-state index contributed by atoms with van der Waals surface area (Å²) in [6, 6.07) is 14.5. The topological polar surface area (TPSA) is 111 Å². The van der Waals surface area contributed by atoms with Crippen LogP contribution >= 0.6 is 11.6 Å². The maximum Gasteiger partial charge on any atom is 0.255 e. The van der Waals surface area contributed by atoms with E-state index in [0.29, 0.717) is 16.5 Å². The standard InChI is InChI=1S/C20H18ClN3O4S/c1-12(28-18-10-15(21)11-23-19(18)22)13-4-2-6-16(8-13)24-20(25)14-5-3-7-17(9-14)29(26)27/h2-12,29H,1H3,(H2,22,23)(H,24,25)/t12-/m1/s1. The van der Waals surface area contributed by atoms with Crippen LogP contribution in [0, 0.1) is 0 Å². The fourth-order valence-corrected chi connectivity index (χ4v) is 3.22. The molecule has 150 valence electrons.